The van der Waals surface area contributed by atoms with Crippen molar-refractivity contribution in [2.24, 2.45) is 5.92 Å². The van der Waals surface area contributed by atoms with E-state index in [2.05, 4.69) is 5.32 Å². The first-order valence-corrected chi connectivity index (χ1v) is 5.79. The first-order valence-electron chi connectivity index (χ1n) is 5.79. The molecule has 0 bridgehead atoms. The van der Waals surface area contributed by atoms with E-state index in [1.807, 2.05) is 0 Å². The molecule has 2 N–H and O–H groups in total. The van der Waals surface area contributed by atoms with Crippen LogP contribution in [0.15, 0.2) is 24.3 Å². The van der Waals surface area contributed by atoms with E-state index in [0.717, 1.165) is 0 Å². The van der Waals surface area contributed by atoms with Crippen molar-refractivity contribution in [3.63, 3.8) is 0 Å². The van der Waals surface area contributed by atoms with Gasteiger partial charge in [0.05, 0.1) is 7.11 Å². The minimum absolute atomic E-state index is 0.0121. The predicted molar refractivity (Wildman–Crippen MR) is 72.4 cm³/mol. The van der Waals surface area contributed by atoms with Crippen molar-refractivity contribution >= 4 is 23.4 Å². The Morgan fingerprint density at radius 1 is 1.37 bits per heavy atom. The molecule has 1 aromatic rings. The van der Waals surface area contributed by atoms with E-state index in [4.69, 9.17) is 10.1 Å². The highest BCUT2D eigenvalue weighted by atomic mass is 16.5. The van der Waals surface area contributed by atoms with Crippen molar-refractivity contribution in [3.05, 3.63) is 35.4 Å². The van der Waals surface area contributed by atoms with Crippen LogP contribution in [-0.2, 0) is 14.3 Å². The second kappa shape index (κ2) is 6.52. The van der Waals surface area contributed by atoms with Crippen LogP contribution in [0.1, 0.15) is 25.0 Å². The van der Waals surface area contributed by atoms with E-state index in [1.54, 1.807) is 44.1 Å². The third-order valence-electron chi connectivity index (χ3n) is 2.48. The first kappa shape index (κ1) is 14.7. The van der Waals surface area contributed by atoms with Gasteiger partial charge in [-0.3, -0.25) is 10.2 Å². The summed E-state index contributed by atoms with van der Waals surface area (Å²) in [5, 5.41) is 10.3. The van der Waals surface area contributed by atoms with Crippen LogP contribution in [0.4, 0.5) is 0 Å². The molecule has 1 amide bonds. The number of nitrogens with one attached hydrogen (secondary N) is 2. The summed E-state index contributed by atoms with van der Waals surface area (Å²) in [6.45, 7) is 3.49. The van der Waals surface area contributed by atoms with Gasteiger partial charge in [-0.25, -0.2) is 4.79 Å². The molecule has 0 heterocycles. The van der Waals surface area contributed by atoms with E-state index in [-0.39, 0.29) is 23.4 Å². The summed E-state index contributed by atoms with van der Waals surface area (Å²) in [7, 11) is 1.37. The van der Waals surface area contributed by atoms with Crippen molar-refractivity contribution < 1.29 is 14.3 Å². The fraction of sp³-hybridized carbons (Fsp3) is 0.286. The number of ether oxygens (including phenoxy) is 1. The Morgan fingerprint density at radius 2 is 2.00 bits per heavy atom. The number of methoxy groups -OCH3 is 1. The van der Waals surface area contributed by atoms with Crippen molar-refractivity contribution in [2.75, 3.05) is 7.11 Å². The number of amides is 1. The predicted octanol–water partition coefficient (Wildman–Crippen LogP) is 1.60. The van der Waals surface area contributed by atoms with Crippen LogP contribution < -0.4 is 5.32 Å². The normalized spacial score (nSPS) is 9.68. The zero-order valence-electron chi connectivity index (χ0n) is 11.1. The van der Waals surface area contributed by atoms with E-state index in [1.165, 1.54) is 7.11 Å². The molecule has 0 saturated carbocycles. The fourth-order valence-electron chi connectivity index (χ4n) is 1.37. The van der Waals surface area contributed by atoms with Crippen molar-refractivity contribution in [1.29, 1.82) is 5.41 Å². The number of carbonyl (C=O) groups excluding carboxylic acids is 2. The molecule has 0 aliphatic rings. The molecule has 100 valence electrons. The molecular formula is C14H16N2O3. The molecule has 0 spiro atoms. The van der Waals surface area contributed by atoms with E-state index in [0.29, 0.717) is 11.1 Å². The second-order valence-corrected chi connectivity index (χ2v) is 4.24. The van der Waals surface area contributed by atoms with Crippen molar-refractivity contribution in [2.45, 2.75) is 13.8 Å². The lowest BCUT2D eigenvalue weighted by Gasteiger charge is -2.10. The largest absolute Gasteiger partial charge is 0.486 e. The summed E-state index contributed by atoms with van der Waals surface area (Å²) in [5.74, 6) is 1.30. The first-order chi connectivity index (χ1) is 8.99. The van der Waals surface area contributed by atoms with Gasteiger partial charge in [0.25, 0.3) is 0 Å². The van der Waals surface area contributed by atoms with Gasteiger partial charge < -0.3 is 10.1 Å². The monoisotopic (exact) mass is 260 g/mol. The summed E-state index contributed by atoms with van der Waals surface area (Å²) in [6.07, 6.45) is 0. The third kappa shape index (κ3) is 3.79. The lowest BCUT2D eigenvalue weighted by Crippen LogP contribution is -2.33. The fourth-order valence-corrected chi connectivity index (χ4v) is 1.37. The van der Waals surface area contributed by atoms with Crippen LogP contribution >= 0.6 is 0 Å². The average molecular weight is 260 g/mol. The Balaban J connectivity index is 2.97. The average Bonchev–Trinajstić information content (AvgIpc) is 2.40. The van der Waals surface area contributed by atoms with Crippen LogP contribution in [0.3, 0.4) is 0 Å². The molecule has 0 atom stereocenters. The van der Waals surface area contributed by atoms with Crippen LogP contribution in [0.5, 0.6) is 0 Å². The van der Waals surface area contributed by atoms with E-state index in [9.17, 15) is 9.59 Å². The molecule has 1 rings (SSSR count). The molecule has 5 heteroatoms. The van der Waals surface area contributed by atoms with Gasteiger partial charge in [-0.05, 0) is 6.07 Å². The zero-order chi connectivity index (χ0) is 14.4. The molecule has 0 radical (unpaired) electrons. The van der Waals surface area contributed by atoms with Gasteiger partial charge in [0, 0.05) is 17.0 Å². The van der Waals surface area contributed by atoms with Gasteiger partial charge in [-0.2, -0.15) is 0 Å². The van der Waals surface area contributed by atoms with Crippen molar-refractivity contribution in [3.8, 4) is 0 Å². The lowest BCUT2D eigenvalue weighted by atomic mass is 10.1. The highest BCUT2D eigenvalue weighted by Crippen LogP contribution is 2.14. The highest BCUT2D eigenvalue weighted by Gasteiger charge is 2.11. The Kier molecular flexibility index (Phi) is 5.03. The quantitative estimate of drug-likeness (QED) is 0.373. The molecule has 0 aliphatic carbocycles. The molecule has 1 aromatic carbocycles. The van der Waals surface area contributed by atoms with Crippen LogP contribution in [0, 0.1) is 11.3 Å². The smallest absolute Gasteiger partial charge is 0.228 e. The maximum absolute atomic E-state index is 11.5. The second-order valence-electron chi connectivity index (χ2n) is 4.24. The Hall–Kier alpha value is -2.39. The van der Waals surface area contributed by atoms with Gasteiger partial charge in [0.1, 0.15) is 5.84 Å². The van der Waals surface area contributed by atoms with Crippen molar-refractivity contribution in [1.82, 2.24) is 5.32 Å². The van der Waals surface area contributed by atoms with Gasteiger partial charge in [-0.1, -0.05) is 32.0 Å². The van der Waals surface area contributed by atoms with Gasteiger partial charge >= 0.3 is 0 Å². The van der Waals surface area contributed by atoms with E-state index < -0.39 is 0 Å². The minimum Gasteiger partial charge on any atom is -0.486 e. The summed E-state index contributed by atoms with van der Waals surface area (Å²) < 4.78 is 4.87. The number of carbonyl (C=O) groups is 1. The molecule has 5 nitrogen and oxygen atoms in total. The zero-order valence-corrected chi connectivity index (χ0v) is 11.1. The maximum atomic E-state index is 11.5. The molecule has 0 unspecified atom stereocenters. The topological polar surface area (TPSA) is 79.2 Å². The minimum atomic E-state index is -0.228. The number of benzene rings is 1. The molecule has 0 fully saturated rings. The summed E-state index contributed by atoms with van der Waals surface area (Å²) in [4.78, 5) is 22.2. The number of rotatable bonds is 4. The number of hydrogen-bond donors (Lipinski definition) is 2. The van der Waals surface area contributed by atoms with Gasteiger partial charge in [0.15, 0.2) is 5.94 Å². The maximum Gasteiger partial charge on any atom is 0.228 e. The summed E-state index contributed by atoms with van der Waals surface area (Å²) >= 11 is 0. The molecule has 19 heavy (non-hydrogen) atoms. The third-order valence-corrected chi connectivity index (χ3v) is 2.48. The van der Waals surface area contributed by atoms with Gasteiger partial charge in [-0.15, -0.1) is 0 Å². The molecule has 0 aromatic heterocycles. The van der Waals surface area contributed by atoms with E-state index >= 15 is 0 Å². The Labute approximate surface area is 111 Å². The Bertz CT molecular complexity index is 543. The van der Waals surface area contributed by atoms with Crippen LogP contribution in [0.25, 0.3) is 5.76 Å². The van der Waals surface area contributed by atoms with Gasteiger partial charge in [0.2, 0.25) is 11.7 Å². The molecular weight excluding hydrogens is 244 g/mol. The van der Waals surface area contributed by atoms with Crippen LogP contribution in [-0.4, -0.2) is 24.8 Å². The molecule has 0 aliphatic heterocycles. The highest BCUT2D eigenvalue weighted by molar-refractivity contribution is 6.07. The number of amidine groups is 1. The number of hydrogen-bond acceptors (Lipinski definition) is 4. The summed E-state index contributed by atoms with van der Waals surface area (Å²) in [5.41, 5.74) is 1.01. The summed E-state index contributed by atoms with van der Waals surface area (Å²) in [6, 6.07) is 6.61. The SMILES string of the molecule is COC(=C=O)c1cccc(C(=N)NC(=O)C(C)C)c1. The Morgan fingerprint density at radius 3 is 2.53 bits per heavy atom. The van der Waals surface area contributed by atoms with Crippen LogP contribution in [0.2, 0.25) is 0 Å². The standard InChI is InChI=1S/C14H16N2O3/c1-9(2)14(18)16-13(15)11-6-4-5-10(7-11)12(8-17)19-3/h4-7,9H,1-3H3,(H2,15,16,18). The lowest BCUT2D eigenvalue weighted by molar-refractivity contribution is -0.122. The molecule has 0 saturated heterocycles.